The van der Waals surface area contributed by atoms with Crippen molar-refractivity contribution in [1.29, 1.82) is 0 Å². The van der Waals surface area contributed by atoms with Gasteiger partial charge in [0.05, 0.1) is 13.7 Å². The predicted molar refractivity (Wildman–Crippen MR) is 84.4 cm³/mol. The van der Waals surface area contributed by atoms with Gasteiger partial charge in [0.1, 0.15) is 5.75 Å². The lowest BCUT2D eigenvalue weighted by Gasteiger charge is -2.21. The Morgan fingerprint density at radius 3 is 2.89 bits per heavy atom. The van der Waals surface area contributed by atoms with E-state index in [-0.39, 0.29) is 0 Å². The predicted octanol–water partition coefficient (Wildman–Crippen LogP) is 4.01. The average Bonchev–Trinajstić information content (AvgIpc) is 2.74. The number of anilines is 1. The molecule has 1 heterocycles. The second-order valence-corrected chi connectivity index (χ2v) is 7.30. The molecule has 1 aromatic carbocycles. The number of aliphatic imine (C=N–C) groups is 1. The topological polar surface area (TPSA) is 33.6 Å². The molecule has 0 saturated heterocycles. The maximum absolute atomic E-state index is 5.22. The largest absolute Gasteiger partial charge is 0.497 e. The summed E-state index contributed by atoms with van der Waals surface area (Å²) in [4.78, 5) is 4.58. The molecule has 0 fully saturated rings. The lowest BCUT2D eigenvalue weighted by molar-refractivity contribution is 0.375. The van der Waals surface area contributed by atoms with Crippen LogP contribution < -0.4 is 10.1 Å². The minimum Gasteiger partial charge on any atom is -0.497 e. The van der Waals surface area contributed by atoms with Gasteiger partial charge in [0, 0.05) is 17.0 Å². The number of ether oxygens (including phenoxy) is 1. The van der Waals surface area contributed by atoms with Crippen molar-refractivity contribution in [3.05, 3.63) is 24.3 Å². The van der Waals surface area contributed by atoms with Gasteiger partial charge in [-0.15, -0.1) is 0 Å². The van der Waals surface area contributed by atoms with Gasteiger partial charge in [0.15, 0.2) is 5.17 Å². The molecule has 0 bridgehead atoms. The molecule has 1 aromatic rings. The van der Waals surface area contributed by atoms with Crippen molar-refractivity contribution >= 4 is 22.6 Å². The molecule has 0 amide bonds. The van der Waals surface area contributed by atoms with E-state index in [4.69, 9.17) is 4.74 Å². The Balaban J connectivity index is 1.91. The Bertz CT molecular complexity index is 465. The van der Waals surface area contributed by atoms with Crippen molar-refractivity contribution in [2.24, 2.45) is 10.4 Å². The number of nitrogens with one attached hydrogen (secondary N) is 1. The van der Waals surface area contributed by atoms with Crippen molar-refractivity contribution in [2.75, 3.05) is 19.0 Å². The van der Waals surface area contributed by atoms with Crippen LogP contribution >= 0.6 is 11.8 Å². The van der Waals surface area contributed by atoms with Gasteiger partial charge in [-0.25, -0.2) is 0 Å². The van der Waals surface area contributed by atoms with E-state index in [1.807, 2.05) is 36.0 Å². The Morgan fingerprint density at radius 1 is 1.42 bits per heavy atom. The Kier molecular flexibility index (Phi) is 4.40. The summed E-state index contributed by atoms with van der Waals surface area (Å²) in [6.45, 7) is 7.75. The lowest BCUT2D eigenvalue weighted by Crippen LogP contribution is -2.16. The maximum atomic E-state index is 5.22. The summed E-state index contributed by atoms with van der Waals surface area (Å²) in [5.74, 6) is 0.861. The van der Waals surface area contributed by atoms with Crippen molar-refractivity contribution in [3.8, 4) is 5.75 Å². The summed E-state index contributed by atoms with van der Waals surface area (Å²) < 4.78 is 5.22. The summed E-state index contributed by atoms with van der Waals surface area (Å²) >= 11 is 1.84. The van der Waals surface area contributed by atoms with Gasteiger partial charge < -0.3 is 10.1 Å². The molecule has 1 N–H and O–H groups in total. The average molecular weight is 278 g/mol. The summed E-state index contributed by atoms with van der Waals surface area (Å²) in [6, 6.07) is 7.94. The van der Waals surface area contributed by atoms with E-state index in [1.165, 1.54) is 6.42 Å². The minimum atomic E-state index is 0.360. The van der Waals surface area contributed by atoms with E-state index < -0.39 is 0 Å². The maximum Gasteiger partial charge on any atom is 0.161 e. The molecule has 2 rings (SSSR count). The molecule has 3 nitrogen and oxygen atoms in total. The van der Waals surface area contributed by atoms with Crippen LogP contribution in [0.4, 0.5) is 5.69 Å². The highest BCUT2D eigenvalue weighted by molar-refractivity contribution is 8.15. The normalized spacial score (nSPS) is 19.2. The number of rotatable bonds is 3. The second-order valence-electron chi connectivity index (χ2n) is 6.01. The fourth-order valence-corrected chi connectivity index (χ4v) is 3.47. The van der Waals surface area contributed by atoms with Crippen molar-refractivity contribution in [3.63, 3.8) is 0 Å². The number of hydrogen-bond donors (Lipinski definition) is 1. The molecule has 0 saturated carbocycles. The molecule has 104 valence electrons. The second kappa shape index (κ2) is 5.87. The highest BCUT2D eigenvalue weighted by Gasteiger charge is 2.24. The molecular formula is C15H22N2OS. The third-order valence-electron chi connectivity index (χ3n) is 2.88. The number of methoxy groups -OCH3 is 1. The molecule has 19 heavy (non-hydrogen) atoms. The fraction of sp³-hybridized carbons (Fsp3) is 0.533. The van der Waals surface area contributed by atoms with Crippen LogP contribution in [0.5, 0.6) is 5.75 Å². The Hall–Kier alpha value is -1.16. The van der Waals surface area contributed by atoms with E-state index in [1.54, 1.807) is 7.11 Å². The van der Waals surface area contributed by atoms with Gasteiger partial charge in [-0.3, -0.25) is 4.99 Å². The van der Waals surface area contributed by atoms with Crippen LogP contribution in [0.1, 0.15) is 27.2 Å². The number of nitrogens with zero attached hydrogens (tertiary/aromatic N) is 1. The van der Waals surface area contributed by atoms with Crippen LogP contribution in [0.3, 0.4) is 0 Å². The van der Waals surface area contributed by atoms with Crippen LogP contribution in [0.2, 0.25) is 0 Å². The summed E-state index contributed by atoms with van der Waals surface area (Å²) in [6.07, 6.45) is 1.18. The SMILES string of the molecule is COc1cccc(NC2=NCC(CC(C)(C)C)S2)c1. The molecule has 1 aliphatic heterocycles. The Morgan fingerprint density at radius 2 is 2.21 bits per heavy atom. The van der Waals surface area contributed by atoms with E-state index in [9.17, 15) is 0 Å². The first-order valence-electron chi connectivity index (χ1n) is 6.58. The molecule has 0 spiro atoms. The molecular weight excluding hydrogens is 256 g/mol. The van der Waals surface area contributed by atoms with Gasteiger partial charge in [0.25, 0.3) is 0 Å². The van der Waals surface area contributed by atoms with Crippen LogP contribution in [-0.4, -0.2) is 24.1 Å². The standard InChI is InChI=1S/C15H22N2OS/c1-15(2,3)9-13-10-16-14(19-13)17-11-6-5-7-12(8-11)18-4/h5-8,13H,9-10H2,1-4H3,(H,16,17). The highest BCUT2D eigenvalue weighted by atomic mass is 32.2. The minimum absolute atomic E-state index is 0.360. The van der Waals surface area contributed by atoms with Gasteiger partial charge in [-0.05, 0) is 24.0 Å². The zero-order chi connectivity index (χ0) is 13.9. The summed E-state index contributed by atoms with van der Waals surface area (Å²) in [5, 5.41) is 4.97. The zero-order valence-corrected chi connectivity index (χ0v) is 12.9. The monoisotopic (exact) mass is 278 g/mol. The van der Waals surface area contributed by atoms with Crippen LogP contribution in [0.25, 0.3) is 0 Å². The third kappa shape index (κ3) is 4.46. The molecule has 1 atom stereocenters. The Labute approximate surface area is 119 Å². The first-order chi connectivity index (χ1) is 8.96. The van der Waals surface area contributed by atoms with Crippen molar-refractivity contribution in [1.82, 2.24) is 0 Å². The van der Waals surface area contributed by atoms with Gasteiger partial charge in [-0.2, -0.15) is 0 Å². The van der Waals surface area contributed by atoms with Crippen LogP contribution in [0, 0.1) is 5.41 Å². The molecule has 0 radical (unpaired) electrons. The number of benzene rings is 1. The summed E-state index contributed by atoms with van der Waals surface area (Å²) in [7, 11) is 1.68. The highest BCUT2D eigenvalue weighted by Crippen LogP contribution is 2.32. The first-order valence-corrected chi connectivity index (χ1v) is 7.46. The van der Waals surface area contributed by atoms with Gasteiger partial charge >= 0.3 is 0 Å². The molecule has 0 aromatic heterocycles. The number of thioether (sulfide) groups is 1. The number of hydrogen-bond acceptors (Lipinski definition) is 4. The van der Waals surface area contributed by atoms with Gasteiger partial charge in [-0.1, -0.05) is 38.6 Å². The molecule has 1 aliphatic rings. The zero-order valence-electron chi connectivity index (χ0n) is 12.1. The van der Waals surface area contributed by atoms with Crippen LogP contribution in [-0.2, 0) is 0 Å². The molecule has 0 aliphatic carbocycles. The van der Waals surface area contributed by atoms with E-state index in [0.717, 1.165) is 23.1 Å². The third-order valence-corrected chi connectivity index (χ3v) is 3.98. The van der Waals surface area contributed by atoms with E-state index in [2.05, 4.69) is 31.1 Å². The van der Waals surface area contributed by atoms with Crippen molar-refractivity contribution in [2.45, 2.75) is 32.4 Å². The van der Waals surface area contributed by atoms with E-state index >= 15 is 0 Å². The first kappa shape index (κ1) is 14.3. The van der Waals surface area contributed by atoms with Gasteiger partial charge in [0.2, 0.25) is 0 Å². The summed E-state index contributed by atoms with van der Waals surface area (Å²) in [5.41, 5.74) is 1.39. The van der Waals surface area contributed by atoms with Crippen molar-refractivity contribution < 1.29 is 4.74 Å². The smallest absolute Gasteiger partial charge is 0.161 e. The molecule has 1 unspecified atom stereocenters. The molecule has 4 heteroatoms. The van der Waals surface area contributed by atoms with E-state index in [0.29, 0.717) is 10.7 Å². The number of amidine groups is 1. The lowest BCUT2D eigenvalue weighted by atomic mass is 9.90. The van der Waals surface area contributed by atoms with Crippen LogP contribution in [0.15, 0.2) is 29.3 Å². The quantitative estimate of drug-likeness (QED) is 0.907. The fourth-order valence-electron chi connectivity index (χ4n) is 2.10.